The summed E-state index contributed by atoms with van der Waals surface area (Å²) in [6.07, 6.45) is 1.02. The number of esters is 1. The highest BCUT2D eigenvalue weighted by Crippen LogP contribution is 2.36. The fourth-order valence-corrected chi connectivity index (χ4v) is 3.66. The molecule has 2 aromatic carbocycles. The number of benzene rings is 2. The zero-order valence-corrected chi connectivity index (χ0v) is 15.7. The molecule has 0 bridgehead atoms. The first-order valence-corrected chi connectivity index (χ1v) is 9.39. The monoisotopic (exact) mass is 395 g/mol. The average molecular weight is 395 g/mol. The van der Waals surface area contributed by atoms with E-state index in [0.29, 0.717) is 42.8 Å². The van der Waals surface area contributed by atoms with Crippen LogP contribution in [0.25, 0.3) is 11.0 Å². The van der Waals surface area contributed by atoms with E-state index in [1.165, 1.54) is 0 Å². The molecule has 29 heavy (non-hydrogen) atoms. The van der Waals surface area contributed by atoms with Gasteiger partial charge in [-0.3, -0.25) is 9.59 Å². The van der Waals surface area contributed by atoms with Crippen LogP contribution in [0.5, 0.6) is 0 Å². The maximum Gasteiger partial charge on any atom is 0.323 e. The molecular formula is C21H21N3O5. The normalized spacial score (nSPS) is 15.7. The predicted octanol–water partition coefficient (Wildman–Crippen LogP) is 2.09. The largest absolute Gasteiger partial charge is 0.455 e. The van der Waals surface area contributed by atoms with Crippen LogP contribution in [0.3, 0.4) is 0 Å². The lowest BCUT2D eigenvalue weighted by molar-refractivity contribution is -0.157. The molecule has 1 aliphatic rings. The van der Waals surface area contributed by atoms with Gasteiger partial charge in [-0.2, -0.15) is 0 Å². The Balaban J connectivity index is 1.43. The summed E-state index contributed by atoms with van der Waals surface area (Å²) in [7, 11) is 0. The molecule has 0 atom stereocenters. The van der Waals surface area contributed by atoms with Crippen molar-refractivity contribution in [3.8, 4) is 0 Å². The third-order valence-electron chi connectivity index (χ3n) is 5.20. The van der Waals surface area contributed by atoms with Gasteiger partial charge in [-0.1, -0.05) is 30.3 Å². The number of hydrogen-bond donors (Lipinski definition) is 3. The number of aromatic amines is 2. The summed E-state index contributed by atoms with van der Waals surface area (Å²) in [6, 6.07) is 14.4. The molecule has 0 aliphatic carbocycles. The van der Waals surface area contributed by atoms with Crippen molar-refractivity contribution in [1.82, 2.24) is 9.97 Å². The molecule has 1 aliphatic heterocycles. The smallest absolute Gasteiger partial charge is 0.323 e. The number of nitrogens with one attached hydrogen (secondary N) is 3. The Kier molecular flexibility index (Phi) is 5.18. The molecule has 1 fully saturated rings. The molecule has 0 radical (unpaired) electrons. The van der Waals surface area contributed by atoms with Crippen molar-refractivity contribution in [2.45, 2.75) is 18.3 Å². The first-order valence-electron chi connectivity index (χ1n) is 9.39. The highest BCUT2D eigenvalue weighted by Gasteiger charge is 2.43. The predicted molar refractivity (Wildman–Crippen MR) is 107 cm³/mol. The number of hydrogen-bond acceptors (Lipinski definition) is 5. The summed E-state index contributed by atoms with van der Waals surface area (Å²) < 4.78 is 10.8. The lowest BCUT2D eigenvalue weighted by Crippen LogP contribution is -2.43. The summed E-state index contributed by atoms with van der Waals surface area (Å²) >= 11 is 0. The lowest BCUT2D eigenvalue weighted by atomic mass is 9.74. The molecule has 4 rings (SSSR count). The molecule has 8 nitrogen and oxygen atoms in total. The van der Waals surface area contributed by atoms with Crippen LogP contribution in [-0.2, 0) is 24.5 Å². The topological polar surface area (TPSA) is 113 Å². The first-order chi connectivity index (χ1) is 14.1. The van der Waals surface area contributed by atoms with Gasteiger partial charge in [-0.25, -0.2) is 4.79 Å². The van der Waals surface area contributed by atoms with Crippen LogP contribution in [-0.4, -0.2) is 41.7 Å². The van der Waals surface area contributed by atoms with Gasteiger partial charge in [0.25, 0.3) is 5.91 Å². The SMILES string of the molecule is O=C(COC(=O)C1(c2ccccc2)CCOCC1)Nc1ccc2[nH]c(=O)[nH]c2c1. The Morgan fingerprint density at radius 2 is 1.76 bits per heavy atom. The van der Waals surface area contributed by atoms with E-state index in [-0.39, 0.29) is 5.69 Å². The molecule has 3 aromatic rings. The molecule has 0 saturated carbocycles. The maximum absolute atomic E-state index is 13.0. The number of carbonyl (C=O) groups is 2. The van der Waals surface area contributed by atoms with Gasteiger partial charge >= 0.3 is 11.7 Å². The van der Waals surface area contributed by atoms with Gasteiger partial charge in [0.05, 0.1) is 16.4 Å². The van der Waals surface area contributed by atoms with Crippen molar-refractivity contribution in [1.29, 1.82) is 0 Å². The van der Waals surface area contributed by atoms with Crippen molar-refractivity contribution in [2.24, 2.45) is 0 Å². The van der Waals surface area contributed by atoms with Gasteiger partial charge in [0.15, 0.2) is 6.61 Å². The van der Waals surface area contributed by atoms with Gasteiger partial charge in [-0.15, -0.1) is 0 Å². The van der Waals surface area contributed by atoms with Crippen molar-refractivity contribution in [3.63, 3.8) is 0 Å². The Hall–Kier alpha value is -3.39. The third kappa shape index (κ3) is 3.93. The number of anilines is 1. The summed E-state index contributed by atoms with van der Waals surface area (Å²) in [6.45, 7) is 0.534. The summed E-state index contributed by atoms with van der Waals surface area (Å²) in [4.78, 5) is 41.8. The number of rotatable bonds is 5. The number of ether oxygens (including phenoxy) is 2. The van der Waals surface area contributed by atoms with Gasteiger partial charge in [-0.05, 0) is 36.6 Å². The van der Waals surface area contributed by atoms with Crippen molar-refractivity contribution in [3.05, 3.63) is 64.6 Å². The third-order valence-corrected chi connectivity index (χ3v) is 5.20. The van der Waals surface area contributed by atoms with E-state index in [0.717, 1.165) is 5.56 Å². The lowest BCUT2D eigenvalue weighted by Gasteiger charge is -2.35. The zero-order chi connectivity index (χ0) is 20.3. The number of imidazole rings is 1. The van der Waals surface area contributed by atoms with Crippen LogP contribution in [0.1, 0.15) is 18.4 Å². The number of fused-ring (bicyclic) bond motifs is 1. The van der Waals surface area contributed by atoms with Gasteiger partial charge in [0.1, 0.15) is 0 Å². The number of carbonyl (C=O) groups excluding carboxylic acids is 2. The van der Waals surface area contributed by atoms with Crippen LogP contribution >= 0.6 is 0 Å². The van der Waals surface area contributed by atoms with Crippen LogP contribution < -0.4 is 11.0 Å². The van der Waals surface area contributed by atoms with Crippen LogP contribution in [0.4, 0.5) is 5.69 Å². The van der Waals surface area contributed by atoms with Crippen molar-refractivity contribution in [2.75, 3.05) is 25.1 Å². The highest BCUT2D eigenvalue weighted by molar-refractivity contribution is 5.95. The Morgan fingerprint density at radius 3 is 2.52 bits per heavy atom. The van der Waals surface area contributed by atoms with Crippen molar-refractivity contribution < 1.29 is 19.1 Å². The molecule has 3 N–H and O–H groups in total. The summed E-state index contributed by atoms with van der Waals surface area (Å²) in [5.41, 5.74) is 1.47. The minimum Gasteiger partial charge on any atom is -0.455 e. The van der Waals surface area contributed by atoms with E-state index in [9.17, 15) is 14.4 Å². The Bertz CT molecular complexity index is 1080. The Morgan fingerprint density at radius 1 is 1.03 bits per heavy atom. The minimum absolute atomic E-state index is 0.319. The van der Waals surface area contributed by atoms with E-state index >= 15 is 0 Å². The van der Waals surface area contributed by atoms with E-state index < -0.39 is 23.9 Å². The van der Waals surface area contributed by atoms with Crippen molar-refractivity contribution >= 4 is 28.6 Å². The first kappa shape index (κ1) is 18.9. The van der Waals surface area contributed by atoms with E-state index in [2.05, 4.69) is 15.3 Å². The fourth-order valence-electron chi connectivity index (χ4n) is 3.66. The Labute approximate surface area is 166 Å². The van der Waals surface area contributed by atoms with Crippen LogP contribution in [0, 0.1) is 0 Å². The number of H-pyrrole nitrogens is 2. The van der Waals surface area contributed by atoms with E-state index in [1.54, 1.807) is 18.2 Å². The molecule has 0 spiro atoms. The molecule has 0 unspecified atom stereocenters. The second-order valence-electron chi connectivity index (χ2n) is 7.02. The number of aromatic nitrogens is 2. The molecular weight excluding hydrogens is 374 g/mol. The van der Waals surface area contributed by atoms with Crippen LogP contribution in [0.15, 0.2) is 53.3 Å². The quantitative estimate of drug-likeness (QED) is 0.573. The molecule has 1 saturated heterocycles. The van der Waals surface area contributed by atoms with E-state index in [4.69, 9.17) is 9.47 Å². The second-order valence-corrected chi connectivity index (χ2v) is 7.02. The molecule has 1 amide bonds. The van der Waals surface area contributed by atoms with Crippen LogP contribution in [0.2, 0.25) is 0 Å². The summed E-state index contributed by atoms with van der Waals surface area (Å²) in [5, 5.41) is 2.68. The second kappa shape index (κ2) is 7.92. The van der Waals surface area contributed by atoms with Gasteiger partial charge in [0, 0.05) is 18.9 Å². The zero-order valence-electron chi connectivity index (χ0n) is 15.7. The molecule has 1 aromatic heterocycles. The molecule has 150 valence electrons. The maximum atomic E-state index is 13.0. The fraction of sp³-hybridized carbons (Fsp3) is 0.286. The highest BCUT2D eigenvalue weighted by atomic mass is 16.5. The minimum atomic E-state index is -0.802. The van der Waals surface area contributed by atoms with Gasteiger partial charge < -0.3 is 24.8 Å². The van der Waals surface area contributed by atoms with Gasteiger partial charge in [0.2, 0.25) is 0 Å². The number of amides is 1. The van der Waals surface area contributed by atoms with E-state index in [1.807, 2.05) is 30.3 Å². The standard InChI is InChI=1S/C21H21N3O5/c25-18(22-15-6-7-16-17(12-15)24-20(27)23-16)13-29-19(26)21(8-10-28-11-9-21)14-4-2-1-3-5-14/h1-7,12H,8-11,13H2,(H,22,25)(H2,23,24,27). The average Bonchev–Trinajstić information content (AvgIpc) is 3.12. The summed E-state index contributed by atoms with van der Waals surface area (Å²) in [5.74, 6) is -0.876. The molecule has 2 heterocycles. The molecule has 8 heteroatoms.